The van der Waals surface area contributed by atoms with Gasteiger partial charge in [-0.1, -0.05) is 12.1 Å². The number of hydroxylamine groups is 2. The summed E-state index contributed by atoms with van der Waals surface area (Å²) in [4.78, 5) is 38.9. The highest BCUT2D eigenvalue weighted by molar-refractivity contribution is 7.87. The number of methoxy groups -OCH3 is 2. The summed E-state index contributed by atoms with van der Waals surface area (Å²) in [7, 11) is -17.2. The van der Waals surface area contributed by atoms with Gasteiger partial charge >= 0.3 is 5.97 Å². The van der Waals surface area contributed by atoms with Crippen LogP contribution in [0.5, 0.6) is 0 Å². The van der Waals surface area contributed by atoms with E-state index in [2.05, 4.69) is 0 Å². The smallest absolute Gasteiger partial charge is 0.335 e. The van der Waals surface area contributed by atoms with Crippen molar-refractivity contribution < 1.29 is 118 Å². The quantitative estimate of drug-likeness (QED) is 0.0211. The fraction of sp³-hybridized carbons (Fsp3) is 0.509. The summed E-state index contributed by atoms with van der Waals surface area (Å²) in [6.07, 6.45) is 5.29. The number of hydrogen-bond acceptors (Lipinski definition) is 22. The second kappa shape index (κ2) is 30.6. The molecular formula is C57H74N3O25S4+. The first kappa shape index (κ1) is 70.7. The Balaban J connectivity index is 1.17. The third kappa shape index (κ3) is 17.4. The molecule has 4 aromatic rings. The second-order valence-electron chi connectivity index (χ2n) is 21.2. The minimum Gasteiger partial charge on any atom is -0.383 e. The maximum absolute atomic E-state index is 13.0. The van der Waals surface area contributed by atoms with Crippen molar-refractivity contribution in [1.82, 2.24) is 5.06 Å². The molecule has 2 amide bonds. The van der Waals surface area contributed by atoms with E-state index in [0.717, 1.165) is 12.1 Å². The van der Waals surface area contributed by atoms with Gasteiger partial charge in [0.2, 0.25) is 5.69 Å². The summed E-state index contributed by atoms with van der Waals surface area (Å²) >= 11 is 0. The molecule has 0 spiro atoms. The van der Waals surface area contributed by atoms with Crippen LogP contribution in [0.15, 0.2) is 92.0 Å². The zero-order chi connectivity index (χ0) is 65.0. The predicted octanol–water partition coefficient (Wildman–Crippen LogP) is 4.37. The highest BCUT2D eigenvalue weighted by Gasteiger charge is 2.48. The third-order valence-corrected chi connectivity index (χ3v) is 18.4. The number of benzene rings is 4. The number of hydrogen-bond donors (Lipinski definition) is 4. The summed E-state index contributed by atoms with van der Waals surface area (Å²) < 4.78 is 196. The molecule has 0 aliphatic carbocycles. The summed E-state index contributed by atoms with van der Waals surface area (Å²) in [6, 6.07) is 9.74. The number of ether oxygens (including phenoxy) is 9. The Kier molecular flexibility index (Phi) is 24.3. The van der Waals surface area contributed by atoms with E-state index in [4.69, 9.17) is 47.5 Å². The van der Waals surface area contributed by atoms with Gasteiger partial charge in [-0.25, -0.2) is 4.79 Å². The van der Waals surface area contributed by atoms with Crippen LogP contribution in [0, 0.1) is 0 Å². The van der Waals surface area contributed by atoms with E-state index in [1.807, 2.05) is 30.2 Å². The van der Waals surface area contributed by atoms with Gasteiger partial charge in [0.15, 0.2) is 12.3 Å². The lowest BCUT2D eigenvalue weighted by Crippen LogP contribution is -2.32. The first-order chi connectivity index (χ1) is 42.0. The number of nitrogens with zero attached hydrogens (tertiary/aromatic N) is 3. The molecule has 1 unspecified atom stereocenters. The minimum atomic E-state index is -5.09. The second-order valence-corrected chi connectivity index (χ2v) is 26.8. The predicted molar refractivity (Wildman–Crippen MR) is 318 cm³/mol. The molecule has 4 aromatic carbocycles. The van der Waals surface area contributed by atoms with Gasteiger partial charge < -0.3 is 52.4 Å². The molecule has 7 rings (SSSR count). The van der Waals surface area contributed by atoms with Crippen molar-refractivity contribution in [1.29, 1.82) is 0 Å². The fourth-order valence-electron chi connectivity index (χ4n) is 10.8. The maximum atomic E-state index is 13.0. The number of amides is 2. The number of carbonyl (C=O) groups is 3. The molecule has 3 aliphatic rings. The summed E-state index contributed by atoms with van der Waals surface area (Å²) in [5, 5.41) is 0.571. The molecule has 28 nitrogen and oxygen atoms in total. The fourth-order valence-corrected chi connectivity index (χ4v) is 13.5. The van der Waals surface area contributed by atoms with Gasteiger partial charge in [-0.05, 0) is 86.0 Å². The highest BCUT2D eigenvalue weighted by Crippen LogP contribution is 2.54. The molecule has 0 bridgehead atoms. The monoisotopic (exact) mass is 1330 g/mol. The summed E-state index contributed by atoms with van der Waals surface area (Å²) in [6.45, 7) is 8.94. The van der Waals surface area contributed by atoms with Crippen LogP contribution in [0.4, 0.5) is 11.4 Å². The van der Waals surface area contributed by atoms with Gasteiger partial charge in [-0.3, -0.25) is 27.8 Å². The highest BCUT2D eigenvalue weighted by atomic mass is 32.2. The van der Waals surface area contributed by atoms with E-state index in [9.17, 15) is 66.3 Å². The van der Waals surface area contributed by atoms with Crippen molar-refractivity contribution in [3.8, 4) is 0 Å². The van der Waals surface area contributed by atoms with E-state index >= 15 is 0 Å². The molecule has 1 fully saturated rings. The molecule has 3 heterocycles. The lowest BCUT2D eigenvalue weighted by atomic mass is 9.76. The van der Waals surface area contributed by atoms with E-state index in [-0.39, 0.29) is 140 Å². The van der Waals surface area contributed by atoms with E-state index in [1.54, 1.807) is 37.5 Å². The van der Waals surface area contributed by atoms with Crippen molar-refractivity contribution in [2.75, 3.05) is 138 Å². The lowest BCUT2D eigenvalue weighted by molar-refractivity contribution is -0.442. The largest absolute Gasteiger partial charge is 0.383 e. The molecule has 0 aromatic heterocycles. The Morgan fingerprint density at radius 3 is 1.52 bits per heavy atom. The summed E-state index contributed by atoms with van der Waals surface area (Å²) in [5.41, 5.74) is 0.728. The van der Waals surface area contributed by atoms with Gasteiger partial charge in [0.05, 0.1) is 114 Å². The molecular weight excluding hydrogens is 1250 g/mol. The molecule has 1 saturated heterocycles. The number of fused-ring (bicyclic) bond motifs is 6. The third-order valence-electron chi connectivity index (χ3n) is 15.0. The van der Waals surface area contributed by atoms with Crippen LogP contribution in [0.1, 0.15) is 57.6 Å². The number of allylic oxidation sites excluding steroid dienone is 4. The number of imide groups is 1. The van der Waals surface area contributed by atoms with Crippen LogP contribution in [0.2, 0.25) is 0 Å². The summed E-state index contributed by atoms with van der Waals surface area (Å²) in [5.74, 6) is -1.95. The molecule has 0 radical (unpaired) electrons. The Hall–Kier alpha value is -5.76. The standard InChI is InChI=1S/C57H73N3O25S4/c1-56(2)49(7-6-8-50-57(3,16-20-79-26-29-83-32-31-81-24-23-77-5)55-44-36-40(87(67,68)69)38-48(89(73,74)75)42(44)10-12-46(55)59(50)17-21-76-4)58(45-11-9-41-43(54(45)56)35-39(86(64,65)66)37-47(41)88(70,71)72)18-22-80-27-30-84-34-33-82-28-25-78-19-15-53(63)85-60-51(61)13-14-52(60)62/h6-12,35-38H,13-34H2,1-5H3,(H3-,64,65,66,67,68,69,70,71,72,73,74,75)/p+1. The maximum Gasteiger partial charge on any atom is 0.335 e. The van der Waals surface area contributed by atoms with E-state index in [0.29, 0.717) is 77.5 Å². The Morgan fingerprint density at radius 1 is 0.562 bits per heavy atom. The van der Waals surface area contributed by atoms with Gasteiger partial charge in [0.25, 0.3) is 52.3 Å². The molecule has 490 valence electrons. The molecule has 89 heavy (non-hydrogen) atoms. The average Bonchev–Trinajstić information content (AvgIpc) is 1.62. The first-order valence-electron chi connectivity index (χ1n) is 28.1. The van der Waals surface area contributed by atoms with Crippen LogP contribution >= 0.6 is 0 Å². The van der Waals surface area contributed by atoms with Crippen molar-refractivity contribution in [2.45, 2.75) is 76.9 Å². The van der Waals surface area contributed by atoms with Crippen molar-refractivity contribution in [2.24, 2.45) is 0 Å². The normalized spacial score (nSPS) is 17.6. The average molecular weight is 1330 g/mol. The Morgan fingerprint density at radius 2 is 1.02 bits per heavy atom. The molecule has 32 heteroatoms. The van der Waals surface area contributed by atoms with Crippen LogP contribution in [-0.2, 0) is 113 Å². The van der Waals surface area contributed by atoms with Crippen molar-refractivity contribution in [3.63, 3.8) is 0 Å². The van der Waals surface area contributed by atoms with Gasteiger partial charge in [0, 0.05) is 85.5 Å². The van der Waals surface area contributed by atoms with Crippen molar-refractivity contribution >= 4 is 96.9 Å². The van der Waals surface area contributed by atoms with Crippen LogP contribution in [-0.4, -0.2) is 218 Å². The van der Waals surface area contributed by atoms with E-state index < -0.39 is 88.7 Å². The zero-order valence-corrected chi connectivity index (χ0v) is 53.0. The zero-order valence-electron chi connectivity index (χ0n) is 49.7. The molecule has 0 saturated carbocycles. The minimum absolute atomic E-state index is 0.0166. The Labute approximate surface area is 516 Å². The SMILES string of the molecule is COCCOCCOCCOCCC1(C)/C(=C\C=C\C2=[N+](CCOCCOCCOCCOCCC(=O)ON3C(=O)CCC3=O)c3ccc4c(S(=O)(=O)O)cc(S(=O)(=O)O)cc4c3C2(C)C)N(CCOC)c2ccc3c(S(=O)(=O)O)cc(S(=O)(=O)O)cc3c21. The number of anilines is 1. The van der Waals surface area contributed by atoms with Gasteiger partial charge in [0.1, 0.15) is 16.4 Å². The van der Waals surface area contributed by atoms with E-state index in [1.165, 1.54) is 19.2 Å². The first-order valence-corrected chi connectivity index (χ1v) is 33.8. The van der Waals surface area contributed by atoms with Crippen LogP contribution in [0.3, 0.4) is 0 Å². The van der Waals surface area contributed by atoms with Gasteiger partial charge in [-0.15, -0.1) is 5.06 Å². The lowest BCUT2D eigenvalue weighted by Gasteiger charge is -2.31. The number of rotatable bonds is 37. The number of carbonyl (C=O) groups excluding carboxylic acids is 3. The van der Waals surface area contributed by atoms with Gasteiger partial charge in [-0.2, -0.15) is 38.2 Å². The Bertz CT molecular complexity index is 3820. The molecule has 1 atom stereocenters. The van der Waals surface area contributed by atoms with Crippen molar-refractivity contribution in [3.05, 3.63) is 83.6 Å². The van der Waals surface area contributed by atoms with Crippen LogP contribution in [0.25, 0.3) is 21.5 Å². The topological polar surface area (TPSA) is 370 Å². The molecule has 4 N–H and O–H groups in total. The molecule has 3 aliphatic heterocycles. The van der Waals surface area contributed by atoms with Crippen LogP contribution < -0.4 is 4.90 Å².